The predicted octanol–water partition coefficient (Wildman–Crippen LogP) is 2.92. The molecule has 3 atom stereocenters. The summed E-state index contributed by atoms with van der Waals surface area (Å²) in [5.41, 5.74) is 0.821. The van der Waals surface area contributed by atoms with Crippen LogP contribution in [0.1, 0.15) is 47.2 Å². The zero-order valence-corrected chi connectivity index (χ0v) is 27.5. The minimum Gasteiger partial charge on any atom is -0.385 e. The van der Waals surface area contributed by atoms with Gasteiger partial charge in [0, 0.05) is 22.3 Å². The number of anilines is 1. The van der Waals surface area contributed by atoms with Crippen molar-refractivity contribution in [2.45, 2.75) is 58.8 Å². The van der Waals surface area contributed by atoms with Crippen LogP contribution in [-0.4, -0.2) is 84.7 Å². The molecule has 1 aliphatic rings. The van der Waals surface area contributed by atoms with Crippen molar-refractivity contribution in [2.24, 2.45) is 10.8 Å². The summed E-state index contributed by atoms with van der Waals surface area (Å²) in [4.78, 5) is 28.4. The van der Waals surface area contributed by atoms with Gasteiger partial charge in [-0.05, 0) is 12.1 Å². The summed E-state index contributed by atoms with van der Waals surface area (Å²) < 4.78 is 36.9. The Morgan fingerprint density at radius 1 is 1.14 bits per heavy atom. The number of phosphoric ester groups is 1. The van der Waals surface area contributed by atoms with Crippen molar-refractivity contribution in [2.75, 3.05) is 43.7 Å². The van der Waals surface area contributed by atoms with E-state index in [1.54, 1.807) is 47.6 Å². The van der Waals surface area contributed by atoms with Crippen LogP contribution in [-0.2, 0) is 38.1 Å². The molecule has 3 rings (SSSR count). The molecule has 3 unspecified atom stereocenters. The second-order valence-corrected chi connectivity index (χ2v) is 15.7. The lowest BCUT2D eigenvalue weighted by Crippen LogP contribution is -2.50. The first-order chi connectivity index (χ1) is 19.9. The van der Waals surface area contributed by atoms with Crippen molar-refractivity contribution in [3.63, 3.8) is 0 Å². The fourth-order valence-corrected chi connectivity index (χ4v) is 6.83. The van der Waals surface area contributed by atoms with E-state index in [4.69, 9.17) is 24.0 Å². The molecule has 0 bridgehead atoms. The summed E-state index contributed by atoms with van der Waals surface area (Å²) in [5.74, 6) is 0.408. The number of aromatic nitrogens is 3. The average Bonchev–Trinajstić information content (AvgIpc) is 3.48. The topological polar surface area (TPSA) is 209 Å². The van der Waals surface area contributed by atoms with Crippen LogP contribution in [0.2, 0.25) is 0 Å². The number of phosphoric acid groups is 1. The van der Waals surface area contributed by atoms with Crippen molar-refractivity contribution in [1.29, 1.82) is 5.26 Å². The Bertz CT molecular complexity index is 1380. The highest BCUT2D eigenvalue weighted by molar-refractivity contribution is 8.14. The van der Waals surface area contributed by atoms with E-state index in [2.05, 4.69) is 10.1 Å². The molecule has 238 valence electrons. The third-order valence-electron chi connectivity index (χ3n) is 6.35. The van der Waals surface area contributed by atoms with Gasteiger partial charge in [0.25, 0.3) is 0 Å². The molecule has 0 aromatic carbocycles. The lowest BCUT2D eigenvalue weighted by molar-refractivity contribution is -0.118. The van der Waals surface area contributed by atoms with E-state index in [0.717, 1.165) is 23.5 Å². The number of thioether (sulfide) groups is 2. The zero-order chi connectivity index (χ0) is 32.3. The number of carbonyl (C=O) groups is 2. The number of hydrogen-bond donors (Lipinski definition) is 3. The summed E-state index contributed by atoms with van der Waals surface area (Å²) in [5, 5.41) is 36.6. The molecular weight excluding hydrogens is 621 g/mol. The van der Waals surface area contributed by atoms with Gasteiger partial charge < -0.3 is 20.7 Å². The smallest absolute Gasteiger partial charge is 0.385 e. The number of fused-ring (bicyclic) bond motifs is 1. The lowest BCUT2D eigenvalue weighted by atomic mass is 9.86. The van der Waals surface area contributed by atoms with E-state index < -0.39 is 49.2 Å². The molecule has 43 heavy (non-hydrogen) atoms. The molecule has 0 saturated carbocycles. The fraction of sp³-hybridized carbons (Fsp3) is 0.654. The molecule has 4 N–H and O–H groups in total. The quantitative estimate of drug-likeness (QED) is 0.221. The zero-order valence-electron chi connectivity index (χ0n) is 24.9. The highest BCUT2D eigenvalue weighted by Crippen LogP contribution is 2.52. The summed E-state index contributed by atoms with van der Waals surface area (Å²) in [6, 6.07) is 4.82. The van der Waals surface area contributed by atoms with E-state index in [-0.39, 0.29) is 46.5 Å². The van der Waals surface area contributed by atoms with Crippen molar-refractivity contribution in [3.05, 3.63) is 24.2 Å². The molecular formula is C26H38N5O9PS2. The second kappa shape index (κ2) is 13.5. The van der Waals surface area contributed by atoms with Gasteiger partial charge in [-0.15, -0.1) is 0 Å². The summed E-state index contributed by atoms with van der Waals surface area (Å²) in [7, 11) is -4.42. The fourth-order valence-electron chi connectivity index (χ4n) is 3.81. The number of hydrogen-bond acceptors (Lipinski definition) is 15. The van der Waals surface area contributed by atoms with Gasteiger partial charge in [-0.1, -0.05) is 65.1 Å². The molecule has 17 heteroatoms. The van der Waals surface area contributed by atoms with Gasteiger partial charge in [-0.25, -0.2) is 14.1 Å². The van der Waals surface area contributed by atoms with Crippen molar-refractivity contribution in [1.82, 2.24) is 14.6 Å². The Kier molecular flexibility index (Phi) is 11.1. The monoisotopic (exact) mass is 659 g/mol. The van der Waals surface area contributed by atoms with Crippen LogP contribution < -0.4 is 5.73 Å². The van der Waals surface area contributed by atoms with E-state index in [1.807, 2.05) is 6.07 Å². The maximum atomic E-state index is 13.6. The Balaban J connectivity index is 1.74. The first-order valence-electron chi connectivity index (χ1n) is 13.3. The van der Waals surface area contributed by atoms with Crippen LogP contribution in [0.25, 0.3) is 5.52 Å². The highest BCUT2D eigenvalue weighted by Gasteiger charge is 2.61. The SMILES string of the molecule is CC(C)(C)C(=O)SCCOP(=O)(OCCSC(=O)C(C)(C)C)OCC1(C#N)OCC(O)(c2ccc3c(N)ncnn23)C1O. The normalized spacial score (nSPS) is 23.0. The van der Waals surface area contributed by atoms with Gasteiger partial charge in [-0.3, -0.25) is 23.2 Å². The number of aliphatic hydroxyl groups is 2. The standard InChI is InChI=1S/C26H38N5O9PS2/c1-23(2,3)21(33)42-11-9-38-41(36,39-10-12-43-22(34)24(4,5)6)40-14-25(13-27)20(32)26(35,15-37-25)18-8-7-17-19(28)29-16-30-31(17)18/h7-8,16,20,32,35H,9-12,14-15H2,1-6H3,(H2,28,29,30). The first-order valence-corrected chi connectivity index (χ1v) is 16.7. The molecule has 0 aliphatic carbocycles. The number of aliphatic hydroxyl groups excluding tert-OH is 1. The van der Waals surface area contributed by atoms with Crippen molar-refractivity contribution >= 4 is 52.9 Å². The number of rotatable bonds is 12. The van der Waals surface area contributed by atoms with E-state index in [9.17, 15) is 29.6 Å². The maximum absolute atomic E-state index is 13.6. The van der Waals surface area contributed by atoms with Crippen LogP contribution in [0.3, 0.4) is 0 Å². The van der Waals surface area contributed by atoms with Crippen LogP contribution in [0, 0.1) is 22.2 Å². The molecule has 2 aromatic rings. The predicted molar refractivity (Wildman–Crippen MR) is 161 cm³/mol. The number of nitrogens with two attached hydrogens (primary N) is 1. The molecule has 1 saturated heterocycles. The molecule has 3 heterocycles. The molecule has 0 amide bonds. The van der Waals surface area contributed by atoms with Crippen LogP contribution in [0.15, 0.2) is 18.5 Å². The Hall–Kier alpha value is -2.06. The Morgan fingerprint density at radius 3 is 2.21 bits per heavy atom. The molecule has 0 spiro atoms. The van der Waals surface area contributed by atoms with Crippen LogP contribution in [0.4, 0.5) is 5.82 Å². The number of carbonyl (C=O) groups excluding carboxylic acids is 2. The Labute approximate surface area is 258 Å². The van der Waals surface area contributed by atoms with Gasteiger partial charge in [0.2, 0.25) is 5.60 Å². The second-order valence-electron chi connectivity index (χ2n) is 11.9. The van der Waals surface area contributed by atoms with Gasteiger partial charge >= 0.3 is 7.82 Å². The van der Waals surface area contributed by atoms with Gasteiger partial charge in [0.05, 0.1) is 25.5 Å². The number of ether oxygens (including phenoxy) is 1. The van der Waals surface area contributed by atoms with E-state index in [0.29, 0.717) is 5.52 Å². The lowest BCUT2D eigenvalue weighted by Gasteiger charge is -2.30. The summed E-state index contributed by atoms with van der Waals surface area (Å²) in [6.07, 6.45) is -0.725. The molecule has 1 fully saturated rings. The van der Waals surface area contributed by atoms with E-state index in [1.165, 1.54) is 16.9 Å². The average molecular weight is 660 g/mol. The summed E-state index contributed by atoms with van der Waals surface area (Å²) >= 11 is 1.98. The van der Waals surface area contributed by atoms with Crippen LogP contribution >= 0.6 is 31.3 Å². The minimum atomic E-state index is -4.42. The van der Waals surface area contributed by atoms with Crippen molar-refractivity contribution < 1.29 is 42.7 Å². The number of nitriles is 1. The molecule has 2 aromatic heterocycles. The molecule has 1 aliphatic heterocycles. The van der Waals surface area contributed by atoms with Crippen LogP contribution in [0.5, 0.6) is 0 Å². The minimum absolute atomic E-state index is 0.0815. The largest absolute Gasteiger partial charge is 0.474 e. The van der Waals surface area contributed by atoms with Gasteiger partial charge in [-0.2, -0.15) is 10.4 Å². The Morgan fingerprint density at radius 2 is 1.70 bits per heavy atom. The van der Waals surface area contributed by atoms with Crippen molar-refractivity contribution in [3.8, 4) is 6.07 Å². The number of nitrogens with zero attached hydrogens (tertiary/aromatic N) is 4. The third kappa shape index (κ3) is 8.16. The van der Waals surface area contributed by atoms with Gasteiger partial charge in [0.15, 0.2) is 21.6 Å². The third-order valence-corrected chi connectivity index (χ3v) is 10.3. The first kappa shape index (κ1) is 35.4. The summed E-state index contributed by atoms with van der Waals surface area (Å²) in [6.45, 7) is 8.85. The molecule has 14 nitrogen and oxygen atoms in total. The maximum Gasteiger partial charge on any atom is 0.474 e. The highest BCUT2D eigenvalue weighted by atomic mass is 32.2. The van der Waals surface area contributed by atoms with E-state index >= 15 is 0 Å². The number of nitrogen functional groups attached to an aromatic ring is 1. The molecule has 0 radical (unpaired) electrons. The van der Waals surface area contributed by atoms with Gasteiger partial charge in [0.1, 0.15) is 30.6 Å².